The summed E-state index contributed by atoms with van der Waals surface area (Å²) in [4.78, 5) is 22.6. The molecule has 1 aromatic rings. The highest BCUT2D eigenvalue weighted by atomic mass is 16.4. The zero-order chi connectivity index (χ0) is 14.4. The number of carbonyl (C=O) groups is 2. The Hall–Kier alpha value is -2.12. The van der Waals surface area contributed by atoms with Gasteiger partial charge in [0.1, 0.15) is 11.7 Å². The number of rotatable bonds is 6. The van der Waals surface area contributed by atoms with E-state index in [-0.39, 0.29) is 12.5 Å². The van der Waals surface area contributed by atoms with E-state index in [0.717, 1.165) is 0 Å². The van der Waals surface area contributed by atoms with Crippen molar-refractivity contribution in [2.45, 2.75) is 32.9 Å². The van der Waals surface area contributed by atoms with E-state index >= 15 is 0 Å². The van der Waals surface area contributed by atoms with Crippen molar-refractivity contribution in [3.8, 4) is 0 Å². The van der Waals surface area contributed by atoms with Crippen LogP contribution < -0.4 is 10.6 Å². The molecule has 0 aliphatic carbocycles. The quantitative estimate of drug-likeness (QED) is 0.679. The molecule has 8 nitrogen and oxygen atoms in total. The summed E-state index contributed by atoms with van der Waals surface area (Å²) >= 11 is 0. The molecule has 106 valence electrons. The lowest BCUT2D eigenvalue weighted by molar-refractivity contribution is -0.139. The van der Waals surface area contributed by atoms with E-state index in [2.05, 4.69) is 20.9 Å². The van der Waals surface area contributed by atoms with Crippen LogP contribution in [0.2, 0.25) is 0 Å². The monoisotopic (exact) mass is 269 g/mol. The molecule has 1 unspecified atom stereocenters. The number of carboxylic acids is 1. The minimum Gasteiger partial charge on any atom is -0.480 e. The molecule has 0 aromatic carbocycles. The van der Waals surface area contributed by atoms with Crippen LogP contribution in [-0.4, -0.2) is 38.1 Å². The van der Waals surface area contributed by atoms with Crippen LogP contribution in [0, 0.1) is 5.92 Å². The molecule has 0 fully saturated rings. The molecule has 0 saturated carbocycles. The minimum absolute atomic E-state index is 0.182. The van der Waals surface area contributed by atoms with Gasteiger partial charge in [0.15, 0.2) is 0 Å². The largest absolute Gasteiger partial charge is 0.480 e. The first-order valence-electron chi connectivity index (χ1n) is 6.01. The van der Waals surface area contributed by atoms with Crippen LogP contribution in [-0.2, 0) is 18.4 Å². The van der Waals surface area contributed by atoms with Gasteiger partial charge in [-0.25, -0.2) is 9.59 Å². The third-order valence-electron chi connectivity index (χ3n) is 2.39. The van der Waals surface area contributed by atoms with Crippen LogP contribution in [0.1, 0.15) is 26.0 Å². The number of aryl methyl sites for hydroxylation is 1. The highest BCUT2D eigenvalue weighted by Crippen LogP contribution is 2.04. The maximum Gasteiger partial charge on any atom is 0.326 e. The summed E-state index contributed by atoms with van der Waals surface area (Å²) in [6.45, 7) is 4.00. The summed E-state index contributed by atoms with van der Waals surface area (Å²) in [6, 6.07) is -1.42. The van der Waals surface area contributed by atoms with Crippen molar-refractivity contribution >= 4 is 12.0 Å². The van der Waals surface area contributed by atoms with Crippen molar-refractivity contribution in [1.82, 2.24) is 25.6 Å². The van der Waals surface area contributed by atoms with E-state index < -0.39 is 18.0 Å². The van der Waals surface area contributed by atoms with Crippen LogP contribution in [0.3, 0.4) is 0 Å². The van der Waals surface area contributed by atoms with Crippen LogP contribution >= 0.6 is 0 Å². The lowest BCUT2D eigenvalue weighted by Crippen LogP contribution is -2.46. The Morgan fingerprint density at radius 2 is 2.16 bits per heavy atom. The number of aliphatic carboxylic acids is 1. The number of carbonyl (C=O) groups excluding carboxylic acids is 1. The van der Waals surface area contributed by atoms with Crippen molar-refractivity contribution in [3.05, 3.63) is 11.9 Å². The number of hydrogen-bond donors (Lipinski definition) is 3. The summed E-state index contributed by atoms with van der Waals surface area (Å²) < 4.78 is 1.52. The lowest BCUT2D eigenvalue weighted by Gasteiger charge is -2.16. The SMILES string of the molecule is CC(C)CC(NC(=O)NCc1cn(C)nn1)C(=O)O. The molecule has 1 rings (SSSR count). The van der Waals surface area contributed by atoms with Crippen molar-refractivity contribution in [1.29, 1.82) is 0 Å². The fourth-order valence-corrected chi connectivity index (χ4v) is 1.55. The maximum atomic E-state index is 11.6. The lowest BCUT2D eigenvalue weighted by atomic mass is 10.0. The number of nitrogens with zero attached hydrogens (tertiary/aromatic N) is 3. The van der Waals surface area contributed by atoms with E-state index in [9.17, 15) is 9.59 Å². The van der Waals surface area contributed by atoms with Gasteiger partial charge >= 0.3 is 12.0 Å². The highest BCUT2D eigenvalue weighted by Gasteiger charge is 2.20. The van der Waals surface area contributed by atoms with Gasteiger partial charge in [0.25, 0.3) is 0 Å². The molecular formula is C11H19N5O3. The number of urea groups is 1. The molecule has 19 heavy (non-hydrogen) atoms. The first-order chi connectivity index (χ1) is 8.88. The van der Waals surface area contributed by atoms with Crippen molar-refractivity contribution in [2.24, 2.45) is 13.0 Å². The third kappa shape index (κ3) is 5.36. The smallest absolute Gasteiger partial charge is 0.326 e. The van der Waals surface area contributed by atoms with E-state index in [4.69, 9.17) is 5.11 Å². The van der Waals surface area contributed by atoms with Crippen LogP contribution in [0.15, 0.2) is 6.20 Å². The molecule has 1 heterocycles. The normalized spacial score (nSPS) is 12.2. The molecule has 0 spiro atoms. The summed E-state index contributed by atoms with van der Waals surface area (Å²) in [5.41, 5.74) is 0.605. The van der Waals surface area contributed by atoms with Gasteiger partial charge in [-0.15, -0.1) is 5.10 Å². The predicted octanol–water partition coefficient (Wildman–Crippen LogP) is 0.114. The Kier molecular flexibility index (Phi) is 5.28. The summed E-state index contributed by atoms with van der Waals surface area (Å²) in [6.07, 6.45) is 2.05. The molecular weight excluding hydrogens is 250 g/mol. The van der Waals surface area contributed by atoms with Gasteiger partial charge in [-0.1, -0.05) is 19.1 Å². The third-order valence-corrected chi connectivity index (χ3v) is 2.39. The highest BCUT2D eigenvalue weighted by molar-refractivity contribution is 5.82. The van der Waals surface area contributed by atoms with Crippen LogP contribution in [0.5, 0.6) is 0 Å². The Morgan fingerprint density at radius 1 is 1.47 bits per heavy atom. The summed E-state index contributed by atoms with van der Waals surface area (Å²) in [5, 5.41) is 21.5. The van der Waals surface area contributed by atoms with Crippen LogP contribution in [0.4, 0.5) is 4.79 Å². The molecule has 1 aromatic heterocycles. The minimum atomic E-state index is -1.04. The van der Waals surface area contributed by atoms with Gasteiger partial charge in [0, 0.05) is 13.2 Å². The molecule has 3 N–H and O–H groups in total. The number of nitrogens with one attached hydrogen (secondary N) is 2. The van der Waals surface area contributed by atoms with Gasteiger partial charge in [-0.3, -0.25) is 4.68 Å². The summed E-state index contributed by atoms with van der Waals surface area (Å²) in [5.74, 6) is -0.857. The fraction of sp³-hybridized carbons (Fsp3) is 0.636. The molecule has 0 bridgehead atoms. The number of amides is 2. The zero-order valence-corrected chi connectivity index (χ0v) is 11.3. The maximum absolute atomic E-state index is 11.6. The topological polar surface area (TPSA) is 109 Å². The molecule has 0 aliphatic heterocycles. The fourth-order valence-electron chi connectivity index (χ4n) is 1.55. The number of aromatic nitrogens is 3. The Balaban J connectivity index is 2.42. The van der Waals surface area contributed by atoms with Crippen molar-refractivity contribution < 1.29 is 14.7 Å². The second kappa shape index (κ2) is 6.72. The van der Waals surface area contributed by atoms with Gasteiger partial charge in [0.2, 0.25) is 0 Å². The van der Waals surface area contributed by atoms with E-state index in [0.29, 0.717) is 12.1 Å². The second-order valence-electron chi connectivity index (χ2n) is 4.73. The van der Waals surface area contributed by atoms with E-state index in [1.807, 2.05) is 13.8 Å². The van der Waals surface area contributed by atoms with E-state index in [1.54, 1.807) is 13.2 Å². The molecule has 8 heteroatoms. The molecule has 0 saturated heterocycles. The second-order valence-corrected chi connectivity index (χ2v) is 4.73. The molecule has 2 amide bonds. The average molecular weight is 269 g/mol. The Labute approximate surface area is 111 Å². The van der Waals surface area contributed by atoms with Gasteiger partial charge in [0.05, 0.1) is 6.54 Å². The zero-order valence-electron chi connectivity index (χ0n) is 11.3. The van der Waals surface area contributed by atoms with Gasteiger partial charge in [-0.2, -0.15) is 0 Å². The van der Waals surface area contributed by atoms with Crippen molar-refractivity contribution in [2.75, 3.05) is 0 Å². The first kappa shape index (κ1) is 14.9. The van der Waals surface area contributed by atoms with Gasteiger partial charge in [-0.05, 0) is 12.3 Å². The molecule has 0 radical (unpaired) electrons. The van der Waals surface area contributed by atoms with Gasteiger partial charge < -0.3 is 15.7 Å². The molecule has 1 atom stereocenters. The summed E-state index contributed by atoms with van der Waals surface area (Å²) in [7, 11) is 1.72. The standard InChI is InChI=1S/C11H19N5O3/c1-7(2)4-9(10(17)18)13-11(19)12-5-8-6-16(3)15-14-8/h6-7,9H,4-5H2,1-3H3,(H,17,18)(H2,12,13,19). The number of hydrogen-bond acceptors (Lipinski definition) is 4. The van der Waals surface area contributed by atoms with Crippen LogP contribution in [0.25, 0.3) is 0 Å². The Morgan fingerprint density at radius 3 is 2.63 bits per heavy atom. The first-order valence-corrected chi connectivity index (χ1v) is 6.01. The average Bonchev–Trinajstić information content (AvgIpc) is 2.71. The predicted molar refractivity (Wildman–Crippen MR) is 67.3 cm³/mol. The number of carboxylic acid groups (broad SMARTS) is 1. The van der Waals surface area contributed by atoms with Crippen molar-refractivity contribution in [3.63, 3.8) is 0 Å². The Bertz CT molecular complexity index is 443. The van der Waals surface area contributed by atoms with E-state index in [1.165, 1.54) is 4.68 Å². The molecule has 0 aliphatic rings.